The summed E-state index contributed by atoms with van der Waals surface area (Å²) in [5.74, 6) is -0.640. The van der Waals surface area contributed by atoms with E-state index in [9.17, 15) is 14.7 Å². The first kappa shape index (κ1) is 13.9. The van der Waals surface area contributed by atoms with Gasteiger partial charge >= 0.3 is 0 Å². The molecule has 0 aliphatic heterocycles. The number of carbonyl (C=O) groups excluding carboxylic acids is 2. The maximum absolute atomic E-state index is 11.4. The molecule has 2 amide bonds. The summed E-state index contributed by atoms with van der Waals surface area (Å²) in [6.07, 6.45) is 0. The summed E-state index contributed by atoms with van der Waals surface area (Å²) in [4.78, 5) is 23.5. The van der Waals surface area contributed by atoms with Gasteiger partial charge in [0.05, 0.1) is 18.7 Å². The molecular formula is C9H19N3O3. The van der Waals surface area contributed by atoms with Crippen LogP contribution in [0.15, 0.2) is 0 Å². The van der Waals surface area contributed by atoms with Gasteiger partial charge in [0.25, 0.3) is 0 Å². The Morgan fingerprint density at radius 2 is 2.00 bits per heavy atom. The number of likely N-dealkylation sites (N-methyl/N-ethyl adjacent to an activating group) is 1. The third-order valence-electron chi connectivity index (χ3n) is 1.67. The van der Waals surface area contributed by atoms with Gasteiger partial charge in [-0.05, 0) is 13.8 Å². The third kappa shape index (κ3) is 6.87. The van der Waals surface area contributed by atoms with E-state index in [1.807, 2.05) is 0 Å². The van der Waals surface area contributed by atoms with Crippen molar-refractivity contribution in [1.29, 1.82) is 0 Å². The SMILES string of the molecule is CN(CC(C)(C)O)C(=O)CNC(=O)CN. The van der Waals surface area contributed by atoms with Gasteiger partial charge < -0.3 is 21.1 Å². The van der Waals surface area contributed by atoms with Gasteiger partial charge in [-0.2, -0.15) is 0 Å². The average Bonchev–Trinajstić information content (AvgIpc) is 2.10. The van der Waals surface area contributed by atoms with Crippen LogP contribution >= 0.6 is 0 Å². The molecule has 0 spiro atoms. The maximum Gasteiger partial charge on any atom is 0.241 e. The largest absolute Gasteiger partial charge is 0.389 e. The van der Waals surface area contributed by atoms with Gasteiger partial charge in [0.15, 0.2) is 0 Å². The molecule has 0 saturated heterocycles. The molecule has 0 aliphatic carbocycles. The van der Waals surface area contributed by atoms with Crippen molar-refractivity contribution in [1.82, 2.24) is 10.2 Å². The third-order valence-corrected chi connectivity index (χ3v) is 1.67. The lowest BCUT2D eigenvalue weighted by Gasteiger charge is -2.25. The Balaban J connectivity index is 3.95. The summed E-state index contributed by atoms with van der Waals surface area (Å²) in [7, 11) is 1.56. The minimum absolute atomic E-state index is 0.0946. The molecule has 0 aromatic heterocycles. The van der Waals surface area contributed by atoms with Gasteiger partial charge in [-0.3, -0.25) is 9.59 Å². The molecule has 0 aromatic rings. The number of hydrogen-bond donors (Lipinski definition) is 3. The molecule has 0 rings (SSSR count). The molecule has 6 heteroatoms. The van der Waals surface area contributed by atoms with Gasteiger partial charge in [-0.25, -0.2) is 0 Å². The normalized spacial score (nSPS) is 11.0. The molecule has 0 aliphatic rings. The van der Waals surface area contributed by atoms with E-state index in [0.29, 0.717) is 0 Å². The maximum atomic E-state index is 11.4. The van der Waals surface area contributed by atoms with Crippen molar-refractivity contribution in [2.75, 3.05) is 26.7 Å². The molecule has 0 bridgehead atoms. The Labute approximate surface area is 89.4 Å². The Kier molecular flexibility index (Phi) is 5.24. The summed E-state index contributed by atoms with van der Waals surface area (Å²) in [5, 5.41) is 11.8. The van der Waals surface area contributed by atoms with Gasteiger partial charge in [0.1, 0.15) is 0 Å². The second-order valence-corrected chi connectivity index (χ2v) is 4.04. The quantitative estimate of drug-likeness (QED) is 0.511. The molecule has 15 heavy (non-hydrogen) atoms. The van der Waals surface area contributed by atoms with E-state index in [-0.39, 0.29) is 31.4 Å². The van der Waals surface area contributed by atoms with E-state index < -0.39 is 5.60 Å². The minimum atomic E-state index is -0.942. The summed E-state index contributed by atoms with van der Waals surface area (Å²) < 4.78 is 0. The second kappa shape index (κ2) is 5.67. The molecule has 0 unspecified atom stereocenters. The van der Waals surface area contributed by atoms with Crippen LogP contribution in [0.1, 0.15) is 13.8 Å². The fourth-order valence-corrected chi connectivity index (χ4v) is 1.05. The van der Waals surface area contributed by atoms with Crippen LogP contribution in [0.4, 0.5) is 0 Å². The van der Waals surface area contributed by atoms with Crippen LogP contribution in [0, 0.1) is 0 Å². The zero-order valence-corrected chi connectivity index (χ0v) is 9.41. The van der Waals surface area contributed by atoms with E-state index in [1.54, 1.807) is 20.9 Å². The van der Waals surface area contributed by atoms with Crippen molar-refractivity contribution in [2.24, 2.45) is 5.73 Å². The van der Waals surface area contributed by atoms with Crippen molar-refractivity contribution < 1.29 is 14.7 Å². The number of hydrogen-bond acceptors (Lipinski definition) is 4. The van der Waals surface area contributed by atoms with E-state index in [2.05, 4.69) is 5.32 Å². The lowest BCUT2D eigenvalue weighted by Crippen LogP contribution is -2.45. The summed E-state index contributed by atoms with van der Waals surface area (Å²) in [6.45, 7) is 3.19. The van der Waals surface area contributed by atoms with Crippen molar-refractivity contribution in [3.8, 4) is 0 Å². The number of nitrogens with one attached hydrogen (secondary N) is 1. The van der Waals surface area contributed by atoms with Crippen LogP contribution in [-0.2, 0) is 9.59 Å². The number of nitrogens with zero attached hydrogens (tertiary/aromatic N) is 1. The van der Waals surface area contributed by atoms with E-state index in [1.165, 1.54) is 4.90 Å². The Morgan fingerprint density at radius 1 is 1.47 bits per heavy atom. The van der Waals surface area contributed by atoms with E-state index in [4.69, 9.17) is 5.73 Å². The van der Waals surface area contributed by atoms with E-state index in [0.717, 1.165) is 0 Å². The smallest absolute Gasteiger partial charge is 0.241 e. The lowest BCUT2D eigenvalue weighted by atomic mass is 10.1. The number of rotatable bonds is 5. The average molecular weight is 217 g/mol. The molecule has 6 nitrogen and oxygen atoms in total. The first-order valence-corrected chi connectivity index (χ1v) is 4.69. The summed E-state index contributed by atoms with van der Waals surface area (Å²) in [5.41, 5.74) is 4.12. The Bertz CT molecular complexity index is 235. The predicted molar refractivity (Wildman–Crippen MR) is 56.0 cm³/mol. The fraction of sp³-hybridized carbons (Fsp3) is 0.778. The predicted octanol–water partition coefficient (Wildman–Crippen LogP) is -1.71. The standard InChI is InChI=1S/C9H19N3O3/c1-9(2,15)6-12(3)8(14)5-11-7(13)4-10/h15H,4-6,10H2,1-3H3,(H,11,13). The molecule has 0 heterocycles. The molecule has 0 saturated carbocycles. The molecular weight excluding hydrogens is 198 g/mol. The second-order valence-electron chi connectivity index (χ2n) is 4.04. The van der Waals surface area contributed by atoms with Crippen LogP contribution in [-0.4, -0.2) is 54.1 Å². The topological polar surface area (TPSA) is 95.7 Å². The van der Waals surface area contributed by atoms with Crippen LogP contribution in [0.2, 0.25) is 0 Å². The highest BCUT2D eigenvalue weighted by Gasteiger charge is 2.19. The summed E-state index contributed by atoms with van der Waals surface area (Å²) >= 11 is 0. The van der Waals surface area contributed by atoms with Crippen LogP contribution in [0.3, 0.4) is 0 Å². The minimum Gasteiger partial charge on any atom is -0.389 e. The van der Waals surface area contributed by atoms with Crippen molar-refractivity contribution in [3.05, 3.63) is 0 Å². The number of carbonyl (C=O) groups is 2. The highest BCUT2D eigenvalue weighted by Crippen LogP contribution is 2.02. The molecule has 88 valence electrons. The molecule has 0 fully saturated rings. The first-order chi connectivity index (χ1) is 6.76. The number of nitrogens with two attached hydrogens (primary N) is 1. The highest BCUT2D eigenvalue weighted by molar-refractivity contribution is 5.85. The zero-order chi connectivity index (χ0) is 12.1. The van der Waals surface area contributed by atoms with Crippen molar-refractivity contribution >= 4 is 11.8 Å². The van der Waals surface area contributed by atoms with Gasteiger partial charge in [0, 0.05) is 13.6 Å². The highest BCUT2D eigenvalue weighted by atomic mass is 16.3. The number of amides is 2. The van der Waals surface area contributed by atoms with Crippen LogP contribution in [0.25, 0.3) is 0 Å². The lowest BCUT2D eigenvalue weighted by molar-refractivity contribution is -0.133. The van der Waals surface area contributed by atoms with Gasteiger partial charge in [0.2, 0.25) is 11.8 Å². The van der Waals surface area contributed by atoms with E-state index >= 15 is 0 Å². The van der Waals surface area contributed by atoms with Gasteiger partial charge in [-0.1, -0.05) is 0 Å². The molecule has 0 radical (unpaired) electrons. The van der Waals surface area contributed by atoms with Crippen LogP contribution in [0.5, 0.6) is 0 Å². The molecule has 0 atom stereocenters. The zero-order valence-electron chi connectivity index (χ0n) is 9.41. The van der Waals surface area contributed by atoms with Crippen LogP contribution < -0.4 is 11.1 Å². The van der Waals surface area contributed by atoms with Crippen molar-refractivity contribution in [3.63, 3.8) is 0 Å². The molecule has 4 N–H and O–H groups in total. The Hall–Kier alpha value is -1.14. The fourth-order valence-electron chi connectivity index (χ4n) is 1.05. The monoisotopic (exact) mass is 217 g/mol. The van der Waals surface area contributed by atoms with Crippen molar-refractivity contribution in [2.45, 2.75) is 19.4 Å². The number of aliphatic hydroxyl groups is 1. The summed E-state index contributed by atoms with van der Waals surface area (Å²) in [6, 6.07) is 0. The Morgan fingerprint density at radius 3 is 2.40 bits per heavy atom. The first-order valence-electron chi connectivity index (χ1n) is 4.69. The van der Waals surface area contributed by atoms with Gasteiger partial charge in [-0.15, -0.1) is 0 Å². The molecule has 0 aromatic carbocycles.